The van der Waals surface area contributed by atoms with E-state index >= 15 is 0 Å². The van der Waals surface area contributed by atoms with Gasteiger partial charge in [-0.15, -0.1) is 0 Å². The maximum atomic E-state index is 12.3. The molecule has 0 aromatic rings. The van der Waals surface area contributed by atoms with E-state index in [0.717, 1.165) is 38.9 Å². The van der Waals surface area contributed by atoms with Crippen LogP contribution in [0.15, 0.2) is 0 Å². The molecule has 0 saturated carbocycles. The van der Waals surface area contributed by atoms with Crippen molar-refractivity contribution in [2.24, 2.45) is 17.3 Å². The van der Waals surface area contributed by atoms with Gasteiger partial charge in [0.2, 0.25) is 5.91 Å². The molecule has 0 aromatic heterocycles. The second-order valence-corrected chi connectivity index (χ2v) is 7.90. The van der Waals surface area contributed by atoms with Crippen LogP contribution >= 0.6 is 0 Å². The van der Waals surface area contributed by atoms with Crippen molar-refractivity contribution in [1.82, 2.24) is 10.2 Å². The minimum absolute atomic E-state index is 0.321. The highest BCUT2D eigenvalue weighted by molar-refractivity contribution is 5.76. The highest BCUT2D eigenvalue weighted by Gasteiger charge is 2.30. The summed E-state index contributed by atoms with van der Waals surface area (Å²) in [5, 5.41) is 3.46. The van der Waals surface area contributed by atoms with Crippen LogP contribution in [-0.4, -0.2) is 36.5 Å². The molecule has 1 rings (SSSR count). The molecule has 2 atom stereocenters. The Balaban J connectivity index is 2.48. The maximum absolute atomic E-state index is 12.3. The van der Waals surface area contributed by atoms with Gasteiger partial charge in [-0.05, 0) is 36.6 Å². The van der Waals surface area contributed by atoms with Crippen molar-refractivity contribution in [2.75, 3.05) is 19.6 Å². The average molecular weight is 282 g/mol. The zero-order chi connectivity index (χ0) is 15.3. The van der Waals surface area contributed by atoms with E-state index in [1.165, 1.54) is 0 Å². The van der Waals surface area contributed by atoms with Crippen LogP contribution in [-0.2, 0) is 4.79 Å². The number of carbonyl (C=O) groups excluding carboxylic acids is 1. The predicted molar refractivity (Wildman–Crippen MR) is 85.7 cm³/mol. The van der Waals surface area contributed by atoms with Gasteiger partial charge in [-0.3, -0.25) is 4.79 Å². The molecule has 1 aliphatic heterocycles. The van der Waals surface area contributed by atoms with Gasteiger partial charge in [0.15, 0.2) is 0 Å². The van der Waals surface area contributed by atoms with Crippen molar-refractivity contribution in [2.45, 2.75) is 66.8 Å². The minimum atomic E-state index is 0.321. The standard InChI is InChI=1S/C17H34N2O/c1-13(2)18-11-14(3)12-19-10-9-15(17(4,5)6)7-8-16(19)20/h13-15,18H,7-12H2,1-6H3. The quantitative estimate of drug-likeness (QED) is 0.839. The Morgan fingerprint density at radius 3 is 2.45 bits per heavy atom. The van der Waals surface area contributed by atoms with E-state index in [4.69, 9.17) is 0 Å². The molecule has 0 aromatic carbocycles. The number of rotatable bonds is 5. The normalized spacial score (nSPS) is 23.1. The van der Waals surface area contributed by atoms with Crippen molar-refractivity contribution >= 4 is 5.91 Å². The highest BCUT2D eigenvalue weighted by atomic mass is 16.2. The third kappa shape index (κ3) is 5.82. The molecule has 20 heavy (non-hydrogen) atoms. The van der Waals surface area contributed by atoms with Gasteiger partial charge in [-0.25, -0.2) is 0 Å². The topological polar surface area (TPSA) is 32.3 Å². The lowest BCUT2D eigenvalue weighted by Gasteiger charge is -2.30. The molecule has 1 fully saturated rings. The van der Waals surface area contributed by atoms with Crippen molar-refractivity contribution < 1.29 is 4.79 Å². The van der Waals surface area contributed by atoms with Crippen LogP contribution in [0, 0.1) is 17.3 Å². The van der Waals surface area contributed by atoms with E-state index in [0.29, 0.717) is 29.2 Å². The first-order valence-electron chi connectivity index (χ1n) is 8.21. The van der Waals surface area contributed by atoms with Crippen LogP contribution in [0.2, 0.25) is 0 Å². The molecule has 1 amide bonds. The van der Waals surface area contributed by atoms with Crippen molar-refractivity contribution in [3.8, 4) is 0 Å². The summed E-state index contributed by atoms with van der Waals surface area (Å²) in [7, 11) is 0. The molecule has 0 spiro atoms. The summed E-state index contributed by atoms with van der Waals surface area (Å²) in [4.78, 5) is 14.4. The van der Waals surface area contributed by atoms with Crippen LogP contribution in [0.25, 0.3) is 0 Å². The van der Waals surface area contributed by atoms with Gasteiger partial charge in [-0.1, -0.05) is 41.5 Å². The molecule has 3 nitrogen and oxygen atoms in total. The summed E-state index contributed by atoms with van der Waals surface area (Å²) in [5.74, 6) is 1.54. The molecule has 0 bridgehead atoms. The Morgan fingerprint density at radius 2 is 1.90 bits per heavy atom. The lowest BCUT2D eigenvalue weighted by Crippen LogP contribution is -2.38. The summed E-state index contributed by atoms with van der Waals surface area (Å²) >= 11 is 0. The van der Waals surface area contributed by atoms with Crippen molar-refractivity contribution in [3.05, 3.63) is 0 Å². The zero-order valence-corrected chi connectivity index (χ0v) is 14.3. The van der Waals surface area contributed by atoms with Gasteiger partial charge >= 0.3 is 0 Å². The van der Waals surface area contributed by atoms with E-state index in [-0.39, 0.29) is 0 Å². The monoisotopic (exact) mass is 282 g/mol. The Kier molecular flexibility index (Phi) is 6.50. The number of amides is 1. The number of nitrogens with zero attached hydrogens (tertiary/aromatic N) is 1. The van der Waals surface area contributed by atoms with Crippen LogP contribution in [0.5, 0.6) is 0 Å². The van der Waals surface area contributed by atoms with Gasteiger partial charge in [-0.2, -0.15) is 0 Å². The summed E-state index contributed by atoms with van der Waals surface area (Å²) in [6.45, 7) is 16.3. The first kappa shape index (κ1) is 17.5. The average Bonchev–Trinajstić information content (AvgIpc) is 2.49. The molecular weight excluding hydrogens is 248 g/mol. The number of nitrogens with one attached hydrogen (secondary N) is 1. The Bertz CT molecular complexity index is 307. The van der Waals surface area contributed by atoms with Gasteiger partial charge in [0, 0.05) is 25.6 Å². The third-order valence-corrected chi connectivity index (χ3v) is 4.44. The molecule has 1 heterocycles. The molecule has 0 radical (unpaired) electrons. The van der Waals surface area contributed by atoms with Gasteiger partial charge < -0.3 is 10.2 Å². The van der Waals surface area contributed by atoms with Crippen molar-refractivity contribution in [3.63, 3.8) is 0 Å². The molecule has 1 saturated heterocycles. The van der Waals surface area contributed by atoms with E-state index in [2.05, 4.69) is 51.8 Å². The molecule has 2 unspecified atom stereocenters. The number of hydrogen-bond donors (Lipinski definition) is 1. The first-order valence-corrected chi connectivity index (χ1v) is 8.21. The molecular formula is C17H34N2O. The number of carbonyl (C=O) groups is 1. The van der Waals surface area contributed by atoms with Gasteiger partial charge in [0.25, 0.3) is 0 Å². The number of hydrogen-bond acceptors (Lipinski definition) is 2. The number of likely N-dealkylation sites (tertiary alicyclic amines) is 1. The minimum Gasteiger partial charge on any atom is -0.342 e. The molecule has 1 aliphatic rings. The van der Waals surface area contributed by atoms with E-state index in [1.807, 2.05) is 0 Å². The molecule has 118 valence electrons. The van der Waals surface area contributed by atoms with Crippen LogP contribution in [0.4, 0.5) is 0 Å². The molecule has 3 heteroatoms. The lowest BCUT2D eigenvalue weighted by atomic mass is 9.77. The molecule has 0 aliphatic carbocycles. The Morgan fingerprint density at radius 1 is 1.25 bits per heavy atom. The highest BCUT2D eigenvalue weighted by Crippen LogP contribution is 2.34. The Hall–Kier alpha value is -0.570. The Labute approximate surface area is 125 Å². The second kappa shape index (κ2) is 7.44. The summed E-state index contributed by atoms with van der Waals surface area (Å²) in [6, 6.07) is 0.516. The molecule has 1 N–H and O–H groups in total. The fraction of sp³-hybridized carbons (Fsp3) is 0.941. The fourth-order valence-corrected chi connectivity index (χ4v) is 2.97. The predicted octanol–water partition coefficient (Wildman–Crippen LogP) is 3.30. The van der Waals surface area contributed by atoms with Crippen LogP contribution in [0.1, 0.15) is 60.8 Å². The summed E-state index contributed by atoms with van der Waals surface area (Å²) < 4.78 is 0. The van der Waals surface area contributed by atoms with E-state index < -0.39 is 0 Å². The van der Waals surface area contributed by atoms with Crippen molar-refractivity contribution in [1.29, 1.82) is 0 Å². The van der Waals surface area contributed by atoms with E-state index in [1.54, 1.807) is 0 Å². The van der Waals surface area contributed by atoms with E-state index in [9.17, 15) is 4.79 Å². The first-order chi connectivity index (χ1) is 9.20. The second-order valence-electron chi connectivity index (χ2n) is 7.90. The summed E-state index contributed by atoms with van der Waals surface area (Å²) in [5.41, 5.74) is 0.321. The summed E-state index contributed by atoms with van der Waals surface area (Å²) in [6.07, 6.45) is 2.93. The van der Waals surface area contributed by atoms with Crippen LogP contribution < -0.4 is 5.32 Å². The third-order valence-electron chi connectivity index (χ3n) is 4.44. The maximum Gasteiger partial charge on any atom is 0.222 e. The van der Waals surface area contributed by atoms with Gasteiger partial charge in [0.05, 0.1) is 0 Å². The SMILES string of the molecule is CC(CNC(C)C)CN1CCC(C(C)(C)C)CCC1=O. The van der Waals surface area contributed by atoms with Gasteiger partial charge in [0.1, 0.15) is 0 Å². The fourth-order valence-electron chi connectivity index (χ4n) is 2.97. The van der Waals surface area contributed by atoms with Crippen LogP contribution in [0.3, 0.4) is 0 Å². The largest absolute Gasteiger partial charge is 0.342 e. The lowest BCUT2D eigenvalue weighted by molar-refractivity contribution is -0.131. The smallest absolute Gasteiger partial charge is 0.222 e. The zero-order valence-electron chi connectivity index (χ0n) is 14.3.